The van der Waals surface area contributed by atoms with Crippen molar-refractivity contribution in [1.29, 1.82) is 0 Å². The van der Waals surface area contributed by atoms with Gasteiger partial charge in [-0.25, -0.2) is 0 Å². The maximum Gasteiger partial charge on any atom is 0.492 e. The number of nitrogens with one attached hydrogen (secondary N) is 1. The summed E-state index contributed by atoms with van der Waals surface area (Å²) < 4.78 is 17.4. The summed E-state index contributed by atoms with van der Waals surface area (Å²) in [6.45, 7) is 9.77. The molecule has 1 aromatic carbocycles. The van der Waals surface area contributed by atoms with E-state index in [1.165, 1.54) is 6.92 Å². The third-order valence-corrected chi connectivity index (χ3v) is 4.97. The van der Waals surface area contributed by atoms with Gasteiger partial charge in [0.25, 0.3) is 0 Å². The average Bonchev–Trinajstić information content (AvgIpc) is 3.00. The first-order valence-electron chi connectivity index (χ1n) is 8.54. The van der Waals surface area contributed by atoms with E-state index in [1.54, 1.807) is 0 Å². The number of carbonyl (C=O) groups excluding carboxylic acids is 1. The van der Waals surface area contributed by atoms with Gasteiger partial charge >= 0.3 is 7.12 Å². The number of anilines is 1. The second-order valence-corrected chi connectivity index (χ2v) is 7.54. The fourth-order valence-electron chi connectivity index (χ4n) is 2.70. The van der Waals surface area contributed by atoms with Crippen molar-refractivity contribution in [1.82, 2.24) is 10.5 Å². The van der Waals surface area contributed by atoms with E-state index < -0.39 is 18.3 Å². The van der Waals surface area contributed by atoms with Crippen molar-refractivity contribution in [2.75, 3.05) is 12.3 Å². The molecule has 3 rings (SSSR count). The lowest BCUT2D eigenvalue weighted by Crippen LogP contribution is -2.41. The molecule has 1 fully saturated rings. The standard InChI is InChI=1S/C18H24BN3O4/c1-11(23)21-10-13(19-25-17(2,3)18(4,5)26-19)8-12-6-7-15-14(9-12)16(20)22-24-15/h6-9H,10H2,1-5H3,(H2,20,22)(H,21,23). The van der Waals surface area contributed by atoms with Crippen LogP contribution < -0.4 is 11.1 Å². The van der Waals surface area contributed by atoms with Crippen LogP contribution in [0.1, 0.15) is 40.2 Å². The fraction of sp³-hybridized carbons (Fsp3) is 0.444. The fourth-order valence-corrected chi connectivity index (χ4v) is 2.70. The van der Waals surface area contributed by atoms with Crippen molar-refractivity contribution in [3.05, 3.63) is 29.2 Å². The predicted molar refractivity (Wildman–Crippen MR) is 101 cm³/mol. The Bertz CT molecular complexity index is 856. The minimum atomic E-state index is -0.553. The van der Waals surface area contributed by atoms with E-state index in [2.05, 4.69) is 10.5 Å². The summed E-state index contributed by atoms with van der Waals surface area (Å²) in [7, 11) is -0.553. The Kier molecular flexibility index (Phi) is 4.58. The summed E-state index contributed by atoms with van der Waals surface area (Å²) in [6.07, 6.45) is 1.93. The van der Waals surface area contributed by atoms with E-state index >= 15 is 0 Å². The summed E-state index contributed by atoms with van der Waals surface area (Å²) in [5.74, 6) is 0.223. The van der Waals surface area contributed by atoms with E-state index in [4.69, 9.17) is 19.6 Å². The Balaban J connectivity index is 1.95. The number of hydrogen-bond donors (Lipinski definition) is 2. The molecule has 1 saturated heterocycles. The molecule has 26 heavy (non-hydrogen) atoms. The number of amides is 1. The van der Waals surface area contributed by atoms with Crippen LogP contribution in [0.5, 0.6) is 0 Å². The number of nitrogens with zero attached hydrogens (tertiary/aromatic N) is 1. The van der Waals surface area contributed by atoms with Crippen LogP contribution in [0.3, 0.4) is 0 Å². The number of aromatic nitrogens is 1. The first-order valence-corrected chi connectivity index (χ1v) is 8.54. The maximum atomic E-state index is 11.4. The van der Waals surface area contributed by atoms with Crippen molar-refractivity contribution in [3.63, 3.8) is 0 Å². The van der Waals surface area contributed by atoms with E-state index in [0.717, 1.165) is 16.4 Å². The molecule has 0 aliphatic carbocycles. The Hall–Kier alpha value is -2.32. The number of fused-ring (bicyclic) bond motifs is 1. The molecule has 2 heterocycles. The van der Waals surface area contributed by atoms with Gasteiger partial charge in [-0.2, -0.15) is 0 Å². The van der Waals surface area contributed by atoms with E-state index in [1.807, 2.05) is 52.0 Å². The van der Waals surface area contributed by atoms with Gasteiger partial charge in [-0.3, -0.25) is 4.79 Å². The largest absolute Gasteiger partial charge is 0.492 e. The first kappa shape index (κ1) is 18.5. The molecular formula is C18H24BN3O4. The number of benzene rings is 1. The molecule has 1 aromatic heterocycles. The quantitative estimate of drug-likeness (QED) is 0.816. The highest BCUT2D eigenvalue weighted by atomic mass is 16.7. The molecule has 1 aliphatic rings. The number of nitrogens with two attached hydrogens (primary N) is 1. The number of hydrogen-bond acceptors (Lipinski definition) is 6. The lowest BCUT2D eigenvalue weighted by Gasteiger charge is -2.32. The van der Waals surface area contributed by atoms with Crippen molar-refractivity contribution >= 4 is 35.9 Å². The average molecular weight is 357 g/mol. The summed E-state index contributed by atoms with van der Waals surface area (Å²) >= 11 is 0. The molecule has 0 unspecified atom stereocenters. The van der Waals surface area contributed by atoms with E-state index in [0.29, 0.717) is 17.9 Å². The normalized spacial score (nSPS) is 19.1. The Morgan fingerprint density at radius 2 is 1.92 bits per heavy atom. The molecule has 2 aromatic rings. The van der Waals surface area contributed by atoms with E-state index in [9.17, 15) is 4.79 Å². The van der Waals surface area contributed by atoms with Crippen LogP contribution in [-0.4, -0.2) is 35.9 Å². The third-order valence-electron chi connectivity index (χ3n) is 4.97. The van der Waals surface area contributed by atoms with Gasteiger partial charge < -0.3 is 24.9 Å². The Morgan fingerprint density at radius 1 is 1.27 bits per heavy atom. The molecule has 8 heteroatoms. The van der Waals surface area contributed by atoms with Gasteiger partial charge in [-0.05, 0) is 50.9 Å². The molecule has 0 atom stereocenters. The summed E-state index contributed by atoms with van der Waals surface area (Å²) in [4.78, 5) is 11.4. The van der Waals surface area contributed by atoms with Gasteiger partial charge in [-0.1, -0.05) is 17.3 Å². The lowest BCUT2D eigenvalue weighted by molar-refractivity contribution is -0.118. The SMILES string of the molecule is CC(=O)NCC(=Cc1ccc2onc(N)c2c1)B1OC(C)(C)C(C)(C)O1. The van der Waals surface area contributed by atoms with Crippen LogP contribution >= 0.6 is 0 Å². The smallest absolute Gasteiger partial charge is 0.400 e. The molecule has 7 nitrogen and oxygen atoms in total. The molecule has 0 bridgehead atoms. The van der Waals surface area contributed by atoms with Gasteiger partial charge in [0.15, 0.2) is 11.4 Å². The van der Waals surface area contributed by atoms with Gasteiger partial charge in [0.05, 0.1) is 16.6 Å². The number of nitrogen functional groups attached to an aromatic ring is 1. The maximum absolute atomic E-state index is 11.4. The highest BCUT2D eigenvalue weighted by Gasteiger charge is 2.52. The van der Waals surface area contributed by atoms with Crippen molar-refractivity contribution in [2.45, 2.75) is 45.8 Å². The van der Waals surface area contributed by atoms with Crippen LogP contribution in [0, 0.1) is 0 Å². The van der Waals surface area contributed by atoms with Gasteiger partial charge in [0.2, 0.25) is 5.91 Å². The van der Waals surface area contributed by atoms with Crippen molar-refractivity contribution in [3.8, 4) is 0 Å². The molecule has 138 valence electrons. The van der Waals surface area contributed by atoms with Crippen LogP contribution in [-0.2, 0) is 14.1 Å². The first-order chi connectivity index (χ1) is 12.1. The van der Waals surface area contributed by atoms with Gasteiger partial charge in [0, 0.05) is 13.5 Å². The lowest BCUT2D eigenvalue weighted by atomic mass is 9.77. The minimum Gasteiger partial charge on any atom is -0.400 e. The van der Waals surface area contributed by atoms with Gasteiger partial charge in [0.1, 0.15) is 0 Å². The molecule has 3 N–H and O–H groups in total. The van der Waals surface area contributed by atoms with E-state index in [-0.39, 0.29) is 5.91 Å². The third kappa shape index (κ3) is 3.47. The second kappa shape index (κ2) is 6.44. The topological polar surface area (TPSA) is 99.6 Å². The highest BCUT2D eigenvalue weighted by molar-refractivity contribution is 6.56. The summed E-state index contributed by atoms with van der Waals surface area (Å²) in [5, 5.41) is 7.33. The summed E-state index contributed by atoms with van der Waals surface area (Å²) in [6, 6.07) is 5.59. The van der Waals surface area contributed by atoms with Crippen LogP contribution in [0.25, 0.3) is 17.0 Å². The molecule has 0 radical (unpaired) electrons. The zero-order valence-corrected chi connectivity index (χ0v) is 15.8. The predicted octanol–water partition coefficient (Wildman–Crippen LogP) is 2.56. The molecule has 0 saturated carbocycles. The summed E-state index contributed by atoms with van der Waals surface area (Å²) in [5.41, 5.74) is 7.24. The Labute approximate surface area is 153 Å². The minimum absolute atomic E-state index is 0.119. The molecule has 0 spiro atoms. The molecule has 1 aliphatic heterocycles. The van der Waals surface area contributed by atoms with Crippen LogP contribution in [0.15, 0.2) is 28.2 Å². The Morgan fingerprint density at radius 3 is 2.54 bits per heavy atom. The van der Waals surface area contributed by atoms with Crippen LogP contribution in [0.4, 0.5) is 5.82 Å². The van der Waals surface area contributed by atoms with Crippen molar-refractivity contribution in [2.24, 2.45) is 0 Å². The molecule has 1 amide bonds. The molecular weight excluding hydrogens is 333 g/mol. The number of rotatable bonds is 4. The van der Waals surface area contributed by atoms with Gasteiger partial charge in [-0.15, -0.1) is 0 Å². The zero-order valence-electron chi connectivity index (χ0n) is 15.8. The van der Waals surface area contributed by atoms with Crippen LogP contribution in [0.2, 0.25) is 0 Å². The zero-order chi connectivity index (χ0) is 19.1. The monoisotopic (exact) mass is 357 g/mol. The van der Waals surface area contributed by atoms with Crippen molar-refractivity contribution < 1.29 is 18.6 Å². The number of carbonyl (C=O) groups is 1. The second-order valence-electron chi connectivity index (χ2n) is 7.54. The highest BCUT2D eigenvalue weighted by Crippen LogP contribution is 2.38.